The predicted octanol–water partition coefficient (Wildman–Crippen LogP) is 1.34. The number of carbonyl (C=O) groups excluding carboxylic acids is 1. The first-order chi connectivity index (χ1) is 4.83. The molecule has 2 nitrogen and oxygen atoms in total. The SMILES string of the molecule is CC.NC1CCC(C=O)C1. The van der Waals surface area contributed by atoms with Crippen molar-refractivity contribution in [1.82, 2.24) is 0 Å². The molecule has 2 heteroatoms. The Hall–Kier alpha value is -0.370. The molecule has 10 heavy (non-hydrogen) atoms. The highest BCUT2D eigenvalue weighted by molar-refractivity contribution is 5.54. The van der Waals surface area contributed by atoms with Gasteiger partial charge in [-0.25, -0.2) is 0 Å². The van der Waals surface area contributed by atoms with Gasteiger partial charge in [-0.3, -0.25) is 0 Å². The largest absolute Gasteiger partial charge is 0.328 e. The molecule has 0 aliphatic heterocycles. The minimum atomic E-state index is 0.269. The average molecular weight is 143 g/mol. The topological polar surface area (TPSA) is 43.1 Å². The van der Waals surface area contributed by atoms with Crippen molar-refractivity contribution in [2.45, 2.75) is 39.2 Å². The fraction of sp³-hybridized carbons (Fsp3) is 0.875. The Morgan fingerprint density at radius 1 is 1.40 bits per heavy atom. The van der Waals surface area contributed by atoms with E-state index in [2.05, 4.69) is 0 Å². The van der Waals surface area contributed by atoms with Crippen LogP contribution >= 0.6 is 0 Å². The highest BCUT2D eigenvalue weighted by Gasteiger charge is 2.20. The van der Waals surface area contributed by atoms with E-state index < -0.39 is 0 Å². The summed E-state index contributed by atoms with van der Waals surface area (Å²) in [5.41, 5.74) is 5.54. The molecule has 0 bridgehead atoms. The smallest absolute Gasteiger partial charge is 0.123 e. The van der Waals surface area contributed by atoms with Crippen LogP contribution in [-0.2, 0) is 4.79 Å². The molecule has 0 aromatic carbocycles. The molecule has 0 heterocycles. The van der Waals surface area contributed by atoms with Crippen molar-refractivity contribution >= 4 is 6.29 Å². The Bertz CT molecular complexity index is 93.3. The van der Waals surface area contributed by atoms with Crippen molar-refractivity contribution in [3.8, 4) is 0 Å². The van der Waals surface area contributed by atoms with Gasteiger partial charge in [0, 0.05) is 12.0 Å². The van der Waals surface area contributed by atoms with E-state index >= 15 is 0 Å². The van der Waals surface area contributed by atoms with Crippen molar-refractivity contribution in [3.63, 3.8) is 0 Å². The third-order valence-electron chi connectivity index (χ3n) is 1.71. The molecule has 0 amide bonds. The zero-order chi connectivity index (χ0) is 7.98. The lowest BCUT2D eigenvalue weighted by Crippen LogP contribution is -2.14. The first kappa shape index (κ1) is 9.63. The Labute approximate surface area is 62.8 Å². The lowest BCUT2D eigenvalue weighted by Gasteiger charge is -1.96. The lowest BCUT2D eigenvalue weighted by molar-refractivity contribution is -0.110. The summed E-state index contributed by atoms with van der Waals surface area (Å²) in [4.78, 5) is 10.1. The van der Waals surface area contributed by atoms with E-state index in [1.165, 1.54) is 0 Å². The van der Waals surface area contributed by atoms with Gasteiger partial charge in [-0.1, -0.05) is 13.8 Å². The van der Waals surface area contributed by atoms with Crippen LogP contribution < -0.4 is 5.73 Å². The van der Waals surface area contributed by atoms with Gasteiger partial charge in [-0.2, -0.15) is 0 Å². The van der Waals surface area contributed by atoms with Crippen molar-refractivity contribution in [1.29, 1.82) is 0 Å². The Morgan fingerprint density at radius 3 is 2.20 bits per heavy atom. The zero-order valence-electron chi connectivity index (χ0n) is 6.84. The molecule has 1 fully saturated rings. The first-order valence-corrected chi connectivity index (χ1v) is 4.04. The van der Waals surface area contributed by atoms with E-state index in [4.69, 9.17) is 5.73 Å². The number of nitrogens with two attached hydrogens (primary N) is 1. The minimum absolute atomic E-state index is 0.269. The third-order valence-corrected chi connectivity index (χ3v) is 1.71. The maximum absolute atomic E-state index is 10.1. The Kier molecular flexibility index (Phi) is 5.22. The fourth-order valence-corrected chi connectivity index (χ4v) is 1.18. The van der Waals surface area contributed by atoms with Gasteiger partial charge in [0.15, 0.2) is 0 Å². The maximum atomic E-state index is 10.1. The van der Waals surface area contributed by atoms with E-state index in [-0.39, 0.29) is 5.92 Å². The van der Waals surface area contributed by atoms with Gasteiger partial charge in [0.1, 0.15) is 6.29 Å². The summed E-state index contributed by atoms with van der Waals surface area (Å²) < 4.78 is 0. The highest BCUT2D eigenvalue weighted by atomic mass is 16.1. The number of hydrogen-bond acceptors (Lipinski definition) is 2. The van der Waals surface area contributed by atoms with Crippen LogP contribution in [0.5, 0.6) is 0 Å². The summed E-state index contributed by atoms with van der Waals surface area (Å²) in [6, 6.07) is 0.296. The Morgan fingerprint density at radius 2 is 2.00 bits per heavy atom. The first-order valence-electron chi connectivity index (χ1n) is 4.04. The normalized spacial score (nSPS) is 30.7. The van der Waals surface area contributed by atoms with Gasteiger partial charge in [-0.05, 0) is 19.3 Å². The summed E-state index contributed by atoms with van der Waals surface area (Å²) in [6.45, 7) is 4.00. The van der Waals surface area contributed by atoms with Crippen molar-refractivity contribution in [3.05, 3.63) is 0 Å². The predicted molar refractivity (Wildman–Crippen MR) is 42.7 cm³/mol. The summed E-state index contributed by atoms with van der Waals surface area (Å²) >= 11 is 0. The summed E-state index contributed by atoms with van der Waals surface area (Å²) in [7, 11) is 0. The summed E-state index contributed by atoms with van der Waals surface area (Å²) in [5, 5.41) is 0. The zero-order valence-corrected chi connectivity index (χ0v) is 6.84. The van der Waals surface area contributed by atoms with Gasteiger partial charge in [0.25, 0.3) is 0 Å². The van der Waals surface area contributed by atoms with Crippen molar-refractivity contribution in [2.24, 2.45) is 11.7 Å². The van der Waals surface area contributed by atoms with Crippen LogP contribution in [0.15, 0.2) is 0 Å². The minimum Gasteiger partial charge on any atom is -0.328 e. The molecule has 0 saturated heterocycles. The number of hydrogen-bond donors (Lipinski definition) is 1. The molecule has 1 aliphatic rings. The second-order valence-corrected chi connectivity index (χ2v) is 2.47. The number of carbonyl (C=O) groups is 1. The van der Waals surface area contributed by atoms with Gasteiger partial charge in [0.2, 0.25) is 0 Å². The van der Waals surface area contributed by atoms with Crippen molar-refractivity contribution < 1.29 is 4.79 Å². The molecular formula is C8H17NO. The molecule has 2 unspecified atom stereocenters. The summed E-state index contributed by atoms with van der Waals surface area (Å²) in [5.74, 6) is 0.269. The van der Waals surface area contributed by atoms with Crippen LogP contribution in [-0.4, -0.2) is 12.3 Å². The monoisotopic (exact) mass is 143 g/mol. The maximum Gasteiger partial charge on any atom is 0.123 e. The quantitative estimate of drug-likeness (QED) is 0.563. The molecule has 0 radical (unpaired) electrons. The van der Waals surface area contributed by atoms with E-state index in [9.17, 15) is 4.79 Å². The van der Waals surface area contributed by atoms with Gasteiger partial charge >= 0.3 is 0 Å². The van der Waals surface area contributed by atoms with Gasteiger partial charge < -0.3 is 10.5 Å². The van der Waals surface area contributed by atoms with Crippen LogP contribution in [0.4, 0.5) is 0 Å². The van der Waals surface area contributed by atoms with Gasteiger partial charge in [-0.15, -0.1) is 0 Å². The van der Waals surface area contributed by atoms with Crippen LogP contribution in [0.1, 0.15) is 33.1 Å². The van der Waals surface area contributed by atoms with Crippen LogP contribution in [0.25, 0.3) is 0 Å². The molecule has 1 rings (SSSR count). The van der Waals surface area contributed by atoms with Crippen LogP contribution in [0.3, 0.4) is 0 Å². The van der Waals surface area contributed by atoms with E-state index in [0.717, 1.165) is 25.5 Å². The highest BCUT2D eigenvalue weighted by Crippen LogP contribution is 2.21. The van der Waals surface area contributed by atoms with Crippen molar-refractivity contribution in [2.75, 3.05) is 0 Å². The molecular weight excluding hydrogens is 126 g/mol. The van der Waals surface area contributed by atoms with E-state index in [1.807, 2.05) is 13.8 Å². The number of aldehydes is 1. The van der Waals surface area contributed by atoms with Crippen LogP contribution in [0.2, 0.25) is 0 Å². The third kappa shape index (κ3) is 2.97. The van der Waals surface area contributed by atoms with Crippen LogP contribution in [0, 0.1) is 5.92 Å². The summed E-state index contributed by atoms with van der Waals surface area (Å²) in [6.07, 6.45) is 3.96. The Balaban J connectivity index is 0.000000371. The second kappa shape index (κ2) is 5.42. The lowest BCUT2D eigenvalue weighted by atomic mass is 10.1. The molecule has 2 N–H and O–H groups in total. The molecule has 0 aromatic heterocycles. The molecule has 1 saturated carbocycles. The fourth-order valence-electron chi connectivity index (χ4n) is 1.18. The number of rotatable bonds is 1. The average Bonchev–Trinajstić information content (AvgIpc) is 2.40. The van der Waals surface area contributed by atoms with Gasteiger partial charge in [0.05, 0.1) is 0 Å². The molecule has 0 aromatic rings. The second-order valence-electron chi connectivity index (χ2n) is 2.47. The van der Waals surface area contributed by atoms with E-state index in [0.29, 0.717) is 6.04 Å². The molecule has 60 valence electrons. The standard InChI is InChI=1S/C6H11NO.C2H6/c7-6-2-1-5(3-6)4-8;1-2/h4-6H,1-3,7H2;1-2H3. The molecule has 2 atom stereocenters. The van der Waals surface area contributed by atoms with E-state index in [1.54, 1.807) is 0 Å². The molecule has 0 spiro atoms. The molecule has 1 aliphatic carbocycles.